The first-order valence-electron chi connectivity index (χ1n) is 6.00. The van der Waals surface area contributed by atoms with E-state index in [9.17, 15) is 9.59 Å². The van der Waals surface area contributed by atoms with Crippen LogP contribution in [-0.4, -0.2) is 34.6 Å². The molecule has 0 aromatic heterocycles. The fourth-order valence-electron chi connectivity index (χ4n) is 2.09. The van der Waals surface area contributed by atoms with E-state index in [1.54, 1.807) is 28.6 Å². The lowest BCUT2D eigenvalue weighted by Gasteiger charge is -2.24. The van der Waals surface area contributed by atoms with Gasteiger partial charge in [0.15, 0.2) is 0 Å². The number of fused-ring (bicyclic) bond motifs is 1. The third-order valence-electron chi connectivity index (χ3n) is 3.19. The summed E-state index contributed by atoms with van der Waals surface area (Å²) in [4.78, 5) is 24.6. The van der Waals surface area contributed by atoms with Crippen LogP contribution in [0.25, 0.3) is 0 Å². The largest absolute Gasteiger partial charge is 0.491 e. The summed E-state index contributed by atoms with van der Waals surface area (Å²) in [6.45, 7) is 4.26. The van der Waals surface area contributed by atoms with Crippen molar-refractivity contribution in [2.75, 3.05) is 6.61 Å². The van der Waals surface area contributed by atoms with E-state index < -0.39 is 5.91 Å². The van der Waals surface area contributed by atoms with Gasteiger partial charge in [-0.3, -0.25) is 14.8 Å². The monoisotopic (exact) mass is 264 g/mol. The minimum Gasteiger partial charge on any atom is -0.491 e. The number of nitrogens with zero attached hydrogens (tertiary/aromatic N) is 1. The minimum absolute atomic E-state index is 0.0128. The average molecular weight is 264 g/mol. The van der Waals surface area contributed by atoms with Gasteiger partial charge in [0.2, 0.25) is 5.91 Å². The fourth-order valence-corrected chi connectivity index (χ4v) is 2.09. The van der Waals surface area contributed by atoms with Gasteiger partial charge in [-0.1, -0.05) is 6.07 Å². The maximum atomic E-state index is 11.6. The van der Waals surface area contributed by atoms with Crippen LogP contribution in [0.5, 0.6) is 5.75 Å². The molecule has 0 fully saturated rings. The highest BCUT2D eigenvalue weighted by molar-refractivity contribution is 5.93. The fraction of sp³-hybridized carbons (Fsp3) is 0.385. The van der Waals surface area contributed by atoms with Crippen LogP contribution in [0.2, 0.25) is 0 Å². The lowest BCUT2D eigenvalue weighted by Crippen LogP contribution is -2.38. The number of carbonyl (C=O) groups is 2. The predicted octanol–water partition coefficient (Wildman–Crippen LogP) is 0.935. The van der Waals surface area contributed by atoms with Crippen LogP contribution in [0.3, 0.4) is 0 Å². The van der Waals surface area contributed by atoms with Gasteiger partial charge in [0.1, 0.15) is 12.4 Å². The summed E-state index contributed by atoms with van der Waals surface area (Å²) in [6, 6.07) is 4.85. The third-order valence-corrected chi connectivity index (χ3v) is 3.19. The number of rotatable bonds is 1. The number of hydrogen-bond acceptors (Lipinski definition) is 4. The van der Waals surface area contributed by atoms with Gasteiger partial charge >= 0.3 is 0 Å². The molecule has 1 aromatic carbocycles. The molecule has 0 saturated carbocycles. The van der Waals surface area contributed by atoms with E-state index in [2.05, 4.69) is 0 Å². The maximum Gasteiger partial charge on any atom is 0.274 e. The van der Waals surface area contributed by atoms with Gasteiger partial charge in [0.05, 0.1) is 6.04 Å². The van der Waals surface area contributed by atoms with Crippen LogP contribution >= 0.6 is 0 Å². The van der Waals surface area contributed by atoms with Gasteiger partial charge < -0.3 is 9.64 Å². The van der Waals surface area contributed by atoms with Gasteiger partial charge in [0.25, 0.3) is 5.91 Å². The Labute approximate surface area is 110 Å². The second kappa shape index (κ2) is 5.27. The van der Waals surface area contributed by atoms with Crippen molar-refractivity contribution in [1.82, 2.24) is 10.4 Å². The molecule has 0 spiro atoms. The van der Waals surface area contributed by atoms with E-state index >= 15 is 0 Å². The molecule has 0 bridgehead atoms. The Bertz CT molecular complexity index is 515. The second-order valence-corrected chi connectivity index (χ2v) is 4.57. The zero-order valence-electron chi connectivity index (χ0n) is 10.8. The standard InChI is InChI=1S/C13H16N2O4/c1-8-7-19-12-5-10(13(17)14-18)3-4-11(12)6-15(8)9(2)16/h3-5,8,18H,6-7H2,1-2H3,(H,14,17)/t8-/m1/s1. The predicted molar refractivity (Wildman–Crippen MR) is 66.9 cm³/mol. The van der Waals surface area contributed by atoms with E-state index in [0.717, 1.165) is 5.56 Å². The van der Waals surface area contributed by atoms with E-state index in [1.165, 1.54) is 6.92 Å². The van der Waals surface area contributed by atoms with Crippen LogP contribution in [0.1, 0.15) is 29.8 Å². The number of hydrogen-bond donors (Lipinski definition) is 2. The van der Waals surface area contributed by atoms with E-state index in [-0.39, 0.29) is 11.9 Å². The molecule has 1 aliphatic heterocycles. The first-order valence-corrected chi connectivity index (χ1v) is 6.00. The van der Waals surface area contributed by atoms with Crippen LogP contribution in [0, 0.1) is 0 Å². The van der Waals surface area contributed by atoms with Crippen molar-refractivity contribution in [3.63, 3.8) is 0 Å². The highest BCUT2D eigenvalue weighted by Gasteiger charge is 2.23. The summed E-state index contributed by atoms with van der Waals surface area (Å²) < 4.78 is 5.62. The minimum atomic E-state index is -0.591. The maximum absolute atomic E-state index is 11.6. The van der Waals surface area contributed by atoms with Crippen molar-refractivity contribution >= 4 is 11.8 Å². The van der Waals surface area contributed by atoms with Gasteiger partial charge in [-0.25, -0.2) is 5.48 Å². The second-order valence-electron chi connectivity index (χ2n) is 4.57. The van der Waals surface area contributed by atoms with Gasteiger partial charge in [-0.2, -0.15) is 0 Å². The molecule has 2 rings (SSSR count). The molecule has 6 heteroatoms. The number of amides is 2. The molecular weight excluding hydrogens is 248 g/mol. The quantitative estimate of drug-likeness (QED) is 0.584. The van der Waals surface area contributed by atoms with Crippen LogP contribution < -0.4 is 10.2 Å². The average Bonchev–Trinajstić information content (AvgIpc) is 2.57. The molecule has 1 atom stereocenters. The van der Waals surface area contributed by atoms with Crippen molar-refractivity contribution in [3.8, 4) is 5.75 Å². The molecule has 0 unspecified atom stereocenters. The molecule has 19 heavy (non-hydrogen) atoms. The third kappa shape index (κ3) is 2.68. The molecule has 0 saturated heterocycles. The molecule has 102 valence electrons. The lowest BCUT2D eigenvalue weighted by molar-refractivity contribution is -0.131. The summed E-state index contributed by atoms with van der Waals surface area (Å²) in [5.41, 5.74) is 2.73. The summed E-state index contributed by atoms with van der Waals surface area (Å²) >= 11 is 0. The number of nitrogens with one attached hydrogen (secondary N) is 1. The zero-order chi connectivity index (χ0) is 14.0. The van der Waals surface area contributed by atoms with Crippen molar-refractivity contribution in [1.29, 1.82) is 0 Å². The number of benzene rings is 1. The Morgan fingerprint density at radius 1 is 1.47 bits per heavy atom. The summed E-state index contributed by atoms with van der Waals surface area (Å²) in [5, 5.41) is 8.61. The lowest BCUT2D eigenvalue weighted by atomic mass is 10.1. The number of carbonyl (C=O) groups excluding carboxylic acids is 2. The van der Waals surface area contributed by atoms with Crippen molar-refractivity contribution in [2.45, 2.75) is 26.4 Å². The molecule has 0 aliphatic carbocycles. The van der Waals surface area contributed by atoms with Gasteiger partial charge in [0, 0.05) is 24.6 Å². The summed E-state index contributed by atoms with van der Waals surface area (Å²) in [7, 11) is 0. The van der Waals surface area contributed by atoms with Crippen molar-refractivity contribution < 1.29 is 19.5 Å². The molecule has 2 N–H and O–H groups in total. The first-order chi connectivity index (χ1) is 9.02. The summed E-state index contributed by atoms with van der Waals surface area (Å²) in [5.74, 6) is -0.0371. The molecular formula is C13H16N2O4. The van der Waals surface area contributed by atoms with Gasteiger partial charge in [-0.15, -0.1) is 0 Å². The molecule has 0 radical (unpaired) electrons. The highest BCUT2D eigenvalue weighted by atomic mass is 16.5. The first kappa shape index (κ1) is 13.4. The van der Waals surface area contributed by atoms with Crippen LogP contribution in [0.4, 0.5) is 0 Å². The number of hydroxylamine groups is 1. The molecule has 1 aliphatic rings. The Hall–Kier alpha value is -2.08. The smallest absolute Gasteiger partial charge is 0.274 e. The SMILES string of the molecule is CC(=O)N1Cc2ccc(C(=O)NO)cc2OC[C@H]1C. The number of ether oxygens (including phenoxy) is 1. The summed E-state index contributed by atoms with van der Waals surface area (Å²) in [6.07, 6.45) is 0. The molecule has 2 amide bonds. The Morgan fingerprint density at radius 3 is 2.84 bits per heavy atom. The Kier molecular flexibility index (Phi) is 3.71. The van der Waals surface area contributed by atoms with Crippen LogP contribution in [-0.2, 0) is 11.3 Å². The zero-order valence-corrected chi connectivity index (χ0v) is 10.8. The normalized spacial score (nSPS) is 18.1. The van der Waals surface area contributed by atoms with Crippen molar-refractivity contribution in [2.24, 2.45) is 0 Å². The topological polar surface area (TPSA) is 78.9 Å². The molecule has 6 nitrogen and oxygen atoms in total. The van der Waals surface area contributed by atoms with Crippen LogP contribution in [0.15, 0.2) is 18.2 Å². The van der Waals surface area contributed by atoms with E-state index in [1.807, 2.05) is 6.92 Å². The molecule has 1 heterocycles. The highest BCUT2D eigenvalue weighted by Crippen LogP contribution is 2.26. The van der Waals surface area contributed by atoms with E-state index in [4.69, 9.17) is 9.94 Å². The Balaban J connectivity index is 2.33. The van der Waals surface area contributed by atoms with E-state index in [0.29, 0.717) is 24.5 Å². The van der Waals surface area contributed by atoms with Gasteiger partial charge in [-0.05, 0) is 19.1 Å². The van der Waals surface area contributed by atoms with Crippen molar-refractivity contribution in [3.05, 3.63) is 29.3 Å². The molecule has 1 aromatic rings. The Morgan fingerprint density at radius 2 is 2.21 bits per heavy atom.